The van der Waals surface area contributed by atoms with E-state index in [2.05, 4.69) is 39.0 Å². The molecule has 1 saturated heterocycles. The number of hydrogen-bond donors (Lipinski definition) is 4. The van der Waals surface area contributed by atoms with E-state index in [9.17, 15) is 14.7 Å². The molecular weight excluding hydrogens is 420 g/mol. The Bertz CT molecular complexity index is 1050. The van der Waals surface area contributed by atoms with Crippen LogP contribution in [0.1, 0.15) is 34.3 Å². The molecule has 1 fully saturated rings. The number of carbonyl (C=O) groups is 2. The first-order chi connectivity index (χ1) is 16.0. The van der Waals surface area contributed by atoms with Crippen LogP contribution in [-0.4, -0.2) is 66.2 Å². The largest absolute Gasteiger partial charge is 0.475 e. The molecule has 8 heteroatoms. The van der Waals surface area contributed by atoms with Crippen molar-refractivity contribution < 1.29 is 19.4 Å². The van der Waals surface area contributed by atoms with Crippen molar-refractivity contribution >= 4 is 17.5 Å². The number of ether oxygens (including phenoxy) is 1. The predicted octanol–water partition coefficient (Wildman–Crippen LogP) is 1.29. The molecule has 5 rings (SSSR count). The van der Waals surface area contributed by atoms with Gasteiger partial charge < -0.3 is 25.8 Å². The maximum absolute atomic E-state index is 12.7. The Morgan fingerprint density at radius 1 is 1.18 bits per heavy atom. The van der Waals surface area contributed by atoms with Gasteiger partial charge in [0.2, 0.25) is 0 Å². The van der Waals surface area contributed by atoms with Crippen LogP contribution in [0.25, 0.3) is 0 Å². The van der Waals surface area contributed by atoms with E-state index in [4.69, 9.17) is 4.74 Å². The average Bonchev–Trinajstić information content (AvgIpc) is 2.83. The van der Waals surface area contributed by atoms with Crippen molar-refractivity contribution in [3.8, 4) is 5.75 Å². The molecule has 0 unspecified atom stereocenters. The van der Waals surface area contributed by atoms with Crippen LogP contribution in [0.3, 0.4) is 0 Å². The Hall–Kier alpha value is -2.94. The van der Waals surface area contributed by atoms with E-state index in [1.54, 1.807) is 18.2 Å². The molecule has 2 aromatic carbocycles. The number of carbonyl (C=O) groups excluding carboxylic acids is 2. The van der Waals surface area contributed by atoms with Gasteiger partial charge in [0.1, 0.15) is 5.75 Å². The van der Waals surface area contributed by atoms with Crippen LogP contribution < -0.4 is 20.7 Å². The lowest BCUT2D eigenvalue weighted by Crippen LogP contribution is -2.56. The number of fused-ring (bicyclic) bond motifs is 2. The summed E-state index contributed by atoms with van der Waals surface area (Å²) in [4.78, 5) is 27.6. The number of aliphatic hydroxyl groups is 1. The highest BCUT2D eigenvalue weighted by Crippen LogP contribution is 2.38. The number of amides is 2. The van der Waals surface area contributed by atoms with Gasteiger partial charge in [-0.05, 0) is 48.8 Å². The van der Waals surface area contributed by atoms with Gasteiger partial charge in [0.25, 0.3) is 11.8 Å². The lowest BCUT2D eigenvalue weighted by atomic mass is 9.89. The molecule has 1 spiro atoms. The summed E-state index contributed by atoms with van der Waals surface area (Å²) in [7, 11) is 0. The molecular formula is C25H30N4O4. The summed E-state index contributed by atoms with van der Waals surface area (Å²) in [6.07, 6.45) is 1.53. The Morgan fingerprint density at radius 2 is 1.97 bits per heavy atom. The number of piperidine rings is 1. The van der Waals surface area contributed by atoms with E-state index < -0.39 is 11.7 Å². The van der Waals surface area contributed by atoms with Gasteiger partial charge in [0, 0.05) is 44.6 Å². The summed E-state index contributed by atoms with van der Waals surface area (Å²) in [6.45, 7) is 3.82. The molecule has 33 heavy (non-hydrogen) atoms. The molecule has 3 heterocycles. The van der Waals surface area contributed by atoms with Crippen molar-refractivity contribution in [2.24, 2.45) is 0 Å². The zero-order chi connectivity index (χ0) is 22.8. The minimum Gasteiger partial charge on any atom is -0.475 e. The van der Waals surface area contributed by atoms with Gasteiger partial charge in [-0.1, -0.05) is 24.3 Å². The van der Waals surface area contributed by atoms with Gasteiger partial charge in [-0.25, -0.2) is 0 Å². The molecule has 0 saturated carbocycles. The average molecular weight is 451 g/mol. The van der Waals surface area contributed by atoms with Crippen molar-refractivity contribution in [2.45, 2.75) is 37.5 Å². The van der Waals surface area contributed by atoms with Crippen LogP contribution in [0.15, 0.2) is 42.5 Å². The topological polar surface area (TPSA) is 103 Å². The molecule has 3 aliphatic rings. The number of anilines is 1. The highest BCUT2D eigenvalue weighted by molar-refractivity contribution is 6.03. The number of rotatable bonds is 5. The van der Waals surface area contributed by atoms with Gasteiger partial charge >= 0.3 is 0 Å². The van der Waals surface area contributed by atoms with Crippen molar-refractivity contribution in [1.29, 1.82) is 0 Å². The molecule has 4 N–H and O–H groups in total. The van der Waals surface area contributed by atoms with Crippen molar-refractivity contribution in [1.82, 2.24) is 15.5 Å². The van der Waals surface area contributed by atoms with Crippen molar-refractivity contribution in [3.63, 3.8) is 0 Å². The molecule has 0 aromatic heterocycles. The zero-order valence-electron chi connectivity index (χ0n) is 18.6. The number of benzene rings is 2. The van der Waals surface area contributed by atoms with Crippen LogP contribution in [0.4, 0.5) is 5.69 Å². The fourth-order valence-corrected chi connectivity index (χ4v) is 4.90. The number of hydrogen-bond acceptors (Lipinski definition) is 6. The predicted molar refractivity (Wildman–Crippen MR) is 124 cm³/mol. The zero-order valence-corrected chi connectivity index (χ0v) is 18.6. The van der Waals surface area contributed by atoms with Gasteiger partial charge in [0.05, 0.1) is 11.8 Å². The van der Waals surface area contributed by atoms with Crippen LogP contribution in [0.2, 0.25) is 0 Å². The summed E-state index contributed by atoms with van der Waals surface area (Å²) < 4.78 is 6.09. The third-order valence-corrected chi connectivity index (χ3v) is 6.80. The number of nitrogens with one attached hydrogen (secondary N) is 3. The minimum absolute atomic E-state index is 0.160. The third-order valence-electron chi connectivity index (χ3n) is 6.80. The summed E-state index contributed by atoms with van der Waals surface area (Å²) in [6, 6.07) is 13.4. The highest BCUT2D eigenvalue weighted by atomic mass is 16.5. The van der Waals surface area contributed by atoms with Crippen molar-refractivity contribution in [3.05, 3.63) is 59.2 Å². The maximum atomic E-state index is 12.7. The number of aliphatic hydroxyl groups excluding tert-OH is 1. The summed E-state index contributed by atoms with van der Waals surface area (Å²) in [5.41, 5.74) is 2.75. The molecule has 1 atom stereocenters. The molecule has 0 radical (unpaired) electrons. The van der Waals surface area contributed by atoms with E-state index in [0.29, 0.717) is 36.4 Å². The van der Waals surface area contributed by atoms with Crippen molar-refractivity contribution in [2.75, 3.05) is 38.0 Å². The Kier molecular flexibility index (Phi) is 6.05. The van der Waals surface area contributed by atoms with Gasteiger partial charge in [0.15, 0.2) is 5.60 Å². The maximum Gasteiger partial charge on any atom is 0.268 e. The fraction of sp³-hybridized carbons (Fsp3) is 0.440. The first-order valence-electron chi connectivity index (χ1n) is 11.6. The summed E-state index contributed by atoms with van der Waals surface area (Å²) in [5.74, 6) is 0.128. The number of β-amino-alcohol motifs (C(OH)–C–C–N with tert-alkyl or cyclic N) is 1. The third kappa shape index (κ3) is 4.59. The monoisotopic (exact) mass is 450 g/mol. The van der Waals surface area contributed by atoms with Crippen LogP contribution in [0, 0.1) is 0 Å². The molecule has 3 aliphatic heterocycles. The summed E-state index contributed by atoms with van der Waals surface area (Å²) >= 11 is 0. The van der Waals surface area contributed by atoms with Gasteiger partial charge in [-0.2, -0.15) is 0 Å². The van der Waals surface area contributed by atoms with Gasteiger partial charge in [-0.3, -0.25) is 14.5 Å². The summed E-state index contributed by atoms with van der Waals surface area (Å²) in [5, 5.41) is 19.4. The molecule has 0 aliphatic carbocycles. The molecule has 2 amide bonds. The highest BCUT2D eigenvalue weighted by Gasteiger charge is 2.45. The standard InChI is InChI=1S/C25H30N4O4/c30-20(16-29-12-7-17-3-1-2-4-19(17)15-29)14-27-23(31)18-5-6-22-21(13-18)28-24(32)25(33-22)8-10-26-11-9-25/h1-6,13,20,26,30H,7-12,14-16H2,(H,27,31)(H,28,32)/t20-/m0/s1. The quantitative estimate of drug-likeness (QED) is 0.548. The van der Waals surface area contributed by atoms with Crippen LogP contribution >= 0.6 is 0 Å². The molecule has 8 nitrogen and oxygen atoms in total. The van der Waals surface area contributed by atoms with E-state index in [1.807, 2.05) is 6.07 Å². The molecule has 2 aromatic rings. The van der Waals surface area contributed by atoms with E-state index in [1.165, 1.54) is 11.1 Å². The molecule has 0 bridgehead atoms. The second-order valence-electron chi connectivity index (χ2n) is 9.13. The SMILES string of the molecule is O=C(NC[C@H](O)CN1CCc2ccccc2C1)c1ccc2c(c1)NC(=O)C1(CCNCC1)O2. The normalized spacial score (nSPS) is 20.2. The molecule has 174 valence electrons. The lowest BCUT2D eigenvalue weighted by molar-refractivity contribution is -0.134. The Morgan fingerprint density at radius 3 is 2.79 bits per heavy atom. The number of nitrogens with zero attached hydrogens (tertiary/aromatic N) is 1. The fourth-order valence-electron chi connectivity index (χ4n) is 4.90. The first-order valence-corrected chi connectivity index (χ1v) is 11.6. The van der Waals surface area contributed by atoms with E-state index >= 15 is 0 Å². The van der Waals surface area contributed by atoms with Crippen LogP contribution in [-0.2, 0) is 17.8 Å². The Labute approximate surface area is 193 Å². The van der Waals surface area contributed by atoms with E-state index in [0.717, 1.165) is 32.6 Å². The lowest BCUT2D eigenvalue weighted by Gasteiger charge is -2.40. The smallest absolute Gasteiger partial charge is 0.268 e. The first kappa shape index (κ1) is 21.9. The second-order valence-corrected chi connectivity index (χ2v) is 9.13. The minimum atomic E-state index is -0.832. The van der Waals surface area contributed by atoms with Crippen LogP contribution in [0.5, 0.6) is 5.75 Å². The van der Waals surface area contributed by atoms with E-state index in [-0.39, 0.29) is 18.4 Å². The van der Waals surface area contributed by atoms with Gasteiger partial charge in [-0.15, -0.1) is 0 Å². The second kappa shape index (κ2) is 9.13. The Balaban J connectivity index is 1.16.